The van der Waals surface area contributed by atoms with E-state index in [0.717, 1.165) is 28.2 Å². The van der Waals surface area contributed by atoms with Gasteiger partial charge in [0.25, 0.3) is 5.91 Å². The van der Waals surface area contributed by atoms with Gasteiger partial charge in [0, 0.05) is 22.0 Å². The fourth-order valence-electron chi connectivity index (χ4n) is 2.42. The van der Waals surface area contributed by atoms with Crippen molar-refractivity contribution in [1.82, 2.24) is 5.32 Å². The van der Waals surface area contributed by atoms with Crippen LogP contribution in [-0.2, 0) is 16.1 Å². The lowest BCUT2D eigenvalue weighted by Gasteiger charge is -2.16. The van der Waals surface area contributed by atoms with Crippen molar-refractivity contribution >= 4 is 23.2 Å². The predicted octanol–water partition coefficient (Wildman–Crippen LogP) is 3.38. The molecule has 0 bridgehead atoms. The Kier molecular flexibility index (Phi) is 4.85. The number of thiophene rings is 1. The fraction of sp³-hybridized carbons (Fsp3) is 0.333. The van der Waals surface area contributed by atoms with Crippen LogP contribution in [0.4, 0.5) is 0 Å². The van der Waals surface area contributed by atoms with Crippen LogP contribution in [0.3, 0.4) is 0 Å². The number of rotatable bonds is 5. The first-order valence-electron chi connectivity index (χ1n) is 7.90. The molecule has 0 fully saturated rings. The fourth-order valence-corrected chi connectivity index (χ4v) is 3.51. The van der Waals surface area contributed by atoms with Crippen molar-refractivity contribution in [2.75, 3.05) is 6.61 Å². The number of benzene rings is 1. The lowest BCUT2D eigenvalue weighted by Crippen LogP contribution is -2.35. The van der Waals surface area contributed by atoms with E-state index in [1.165, 1.54) is 11.3 Å². The first kappa shape index (κ1) is 16.5. The normalized spacial score (nSPS) is 13.2. The topological polar surface area (TPSA) is 64.6 Å². The average molecular weight is 345 g/mol. The third-order valence-corrected chi connectivity index (χ3v) is 5.07. The molecule has 3 rings (SSSR count). The van der Waals surface area contributed by atoms with E-state index in [2.05, 4.69) is 5.32 Å². The number of hydrogen-bond acceptors (Lipinski definition) is 5. The maximum atomic E-state index is 12.2. The van der Waals surface area contributed by atoms with Gasteiger partial charge in [0.05, 0.1) is 0 Å². The monoisotopic (exact) mass is 345 g/mol. The van der Waals surface area contributed by atoms with Gasteiger partial charge in [-0.2, -0.15) is 0 Å². The van der Waals surface area contributed by atoms with Crippen LogP contribution in [0, 0.1) is 0 Å². The van der Waals surface area contributed by atoms with Crippen molar-refractivity contribution in [3.8, 4) is 16.2 Å². The van der Waals surface area contributed by atoms with E-state index >= 15 is 0 Å². The third kappa shape index (κ3) is 3.43. The Bertz CT molecular complexity index is 768. The van der Waals surface area contributed by atoms with Gasteiger partial charge in [0.2, 0.25) is 0 Å². The molecule has 0 unspecified atom stereocenters. The highest BCUT2D eigenvalue weighted by Gasteiger charge is 2.23. The average Bonchev–Trinajstić information content (AvgIpc) is 3.04. The lowest BCUT2D eigenvalue weighted by molar-refractivity contribution is -0.124. The maximum absolute atomic E-state index is 12.2. The minimum Gasteiger partial charge on any atom is -0.488 e. The molecule has 1 amide bonds. The van der Waals surface area contributed by atoms with Crippen molar-refractivity contribution in [2.24, 2.45) is 0 Å². The summed E-state index contributed by atoms with van der Waals surface area (Å²) in [4.78, 5) is 25.4. The Balaban J connectivity index is 1.68. The molecule has 5 nitrogen and oxygen atoms in total. The standard InChI is InChI=1S/C18H19NO4S/c1-3-11(2)19-16(20)10-23-18(21)15-8-12-9-22-14-7-5-4-6-13(14)17(12)24-15/h4-8,11H,3,9-10H2,1-2H3,(H,19,20)/t11-/m1/s1. The summed E-state index contributed by atoms with van der Waals surface area (Å²) >= 11 is 1.37. The summed E-state index contributed by atoms with van der Waals surface area (Å²) in [6.07, 6.45) is 0.830. The Labute approximate surface area is 144 Å². The zero-order chi connectivity index (χ0) is 17.1. The second-order valence-corrected chi connectivity index (χ2v) is 6.75. The van der Waals surface area contributed by atoms with Crippen LogP contribution in [0.1, 0.15) is 35.5 Å². The van der Waals surface area contributed by atoms with Crippen LogP contribution in [0.5, 0.6) is 5.75 Å². The first-order valence-corrected chi connectivity index (χ1v) is 8.71. The number of para-hydroxylation sites is 1. The second-order valence-electron chi connectivity index (χ2n) is 5.70. The van der Waals surface area contributed by atoms with Crippen molar-refractivity contribution in [3.05, 3.63) is 40.8 Å². The number of nitrogens with one attached hydrogen (secondary N) is 1. The third-order valence-electron chi connectivity index (χ3n) is 3.88. The smallest absolute Gasteiger partial charge is 0.348 e. The summed E-state index contributed by atoms with van der Waals surface area (Å²) in [6, 6.07) is 9.59. The Morgan fingerprint density at radius 2 is 2.17 bits per heavy atom. The van der Waals surface area contributed by atoms with Gasteiger partial charge in [-0.3, -0.25) is 4.79 Å². The van der Waals surface area contributed by atoms with E-state index in [4.69, 9.17) is 9.47 Å². The molecule has 0 saturated heterocycles. The lowest BCUT2D eigenvalue weighted by atomic mass is 10.1. The number of hydrogen-bond donors (Lipinski definition) is 1. The molecule has 1 N–H and O–H groups in total. The number of esters is 1. The summed E-state index contributed by atoms with van der Waals surface area (Å²) < 4.78 is 10.8. The summed E-state index contributed by atoms with van der Waals surface area (Å²) in [6.45, 7) is 4.06. The van der Waals surface area contributed by atoms with Gasteiger partial charge in [-0.1, -0.05) is 19.1 Å². The van der Waals surface area contributed by atoms with Crippen LogP contribution in [-0.4, -0.2) is 24.5 Å². The van der Waals surface area contributed by atoms with Crippen LogP contribution in [0.15, 0.2) is 30.3 Å². The molecule has 126 valence electrons. The molecule has 1 aliphatic heterocycles. The van der Waals surface area contributed by atoms with Crippen molar-refractivity contribution in [1.29, 1.82) is 0 Å². The van der Waals surface area contributed by atoms with E-state index in [0.29, 0.717) is 11.5 Å². The van der Waals surface area contributed by atoms with Gasteiger partial charge in [-0.25, -0.2) is 4.79 Å². The molecule has 2 heterocycles. The highest BCUT2D eigenvalue weighted by molar-refractivity contribution is 7.17. The van der Waals surface area contributed by atoms with E-state index in [9.17, 15) is 9.59 Å². The Hall–Kier alpha value is -2.34. The first-order chi connectivity index (χ1) is 11.6. The molecule has 0 aliphatic carbocycles. The van der Waals surface area contributed by atoms with Crippen LogP contribution in [0.25, 0.3) is 10.4 Å². The molecule has 1 aromatic carbocycles. The summed E-state index contributed by atoms with van der Waals surface area (Å²) in [5.41, 5.74) is 1.95. The van der Waals surface area contributed by atoms with Crippen molar-refractivity contribution in [3.63, 3.8) is 0 Å². The van der Waals surface area contributed by atoms with Crippen molar-refractivity contribution < 1.29 is 19.1 Å². The second kappa shape index (κ2) is 7.05. The molecular weight excluding hydrogens is 326 g/mol. The molecule has 2 aromatic rings. The van der Waals surface area contributed by atoms with Gasteiger partial charge >= 0.3 is 5.97 Å². The quantitative estimate of drug-likeness (QED) is 0.844. The summed E-state index contributed by atoms with van der Waals surface area (Å²) in [5.74, 6) is 0.0542. The SMILES string of the molecule is CC[C@@H](C)NC(=O)COC(=O)c1cc2c(s1)-c1ccccc1OC2. The van der Waals surface area contributed by atoms with Crippen LogP contribution in [0.2, 0.25) is 0 Å². The summed E-state index contributed by atoms with van der Waals surface area (Å²) in [5, 5.41) is 2.77. The number of amides is 1. The van der Waals surface area contributed by atoms with Crippen LogP contribution < -0.4 is 10.1 Å². The molecule has 24 heavy (non-hydrogen) atoms. The zero-order valence-electron chi connectivity index (χ0n) is 13.6. The van der Waals surface area contributed by atoms with Gasteiger partial charge < -0.3 is 14.8 Å². The maximum Gasteiger partial charge on any atom is 0.348 e. The van der Waals surface area contributed by atoms with E-state index in [1.807, 2.05) is 38.1 Å². The molecule has 1 aliphatic rings. The zero-order valence-corrected chi connectivity index (χ0v) is 14.4. The Morgan fingerprint density at radius 3 is 2.96 bits per heavy atom. The van der Waals surface area contributed by atoms with Gasteiger partial charge in [-0.05, 0) is 31.5 Å². The minimum atomic E-state index is -0.480. The van der Waals surface area contributed by atoms with Gasteiger partial charge in [0.15, 0.2) is 6.61 Å². The number of ether oxygens (including phenoxy) is 2. The molecule has 0 saturated carbocycles. The number of fused-ring (bicyclic) bond motifs is 3. The Morgan fingerprint density at radius 1 is 1.38 bits per heavy atom. The largest absolute Gasteiger partial charge is 0.488 e. The van der Waals surface area contributed by atoms with E-state index in [1.54, 1.807) is 6.07 Å². The molecule has 0 spiro atoms. The van der Waals surface area contributed by atoms with Gasteiger partial charge in [0.1, 0.15) is 17.2 Å². The molecule has 6 heteroatoms. The van der Waals surface area contributed by atoms with E-state index < -0.39 is 5.97 Å². The highest BCUT2D eigenvalue weighted by atomic mass is 32.1. The molecular formula is C18H19NO4S. The predicted molar refractivity (Wildman–Crippen MR) is 92.3 cm³/mol. The van der Waals surface area contributed by atoms with Crippen molar-refractivity contribution in [2.45, 2.75) is 32.9 Å². The molecule has 0 radical (unpaired) electrons. The number of carbonyl (C=O) groups is 2. The van der Waals surface area contributed by atoms with Gasteiger partial charge in [-0.15, -0.1) is 11.3 Å². The molecule has 1 aromatic heterocycles. The highest BCUT2D eigenvalue weighted by Crippen LogP contribution is 2.42. The van der Waals surface area contributed by atoms with E-state index in [-0.39, 0.29) is 18.6 Å². The minimum absolute atomic E-state index is 0.0684. The van der Waals surface area contributed by atoms with Crippen LogP contribution >= 0.6 is 11.3 Å². The summed E-state index contributed by atoms with van der Waals surface area (Å²) in [7, 11) is 0. The molecule has 1 atom stereocenters. The number of carbonyl (C=O) groups excluding carboxylic acids is 2.